The van der Waals surface area contributed by atoms with Crippen LogP contribution in [0.1, 0.15) is 37.2 Å². The molecule has 0 N–H and O–H groups in total. The molecule has 1 atom stereocenters. The van der Waals surface area contributed by atoms with Gasteiger partial charge in [0.15, 0.2) is 9.84 Å². The van der Waals surface area contributed by atoms with Crippen molar-refractivity contribution in [2.24, 2.45) is 0 Å². The number of nitrogens with zero attached hydrogens (tertiary/aromatic N) is 1. The summed E-state index contributed by atoms with van der Waals surface area (Å²) in [6.07, 6.45) is 5.93. The van der Waals surface area contributed by atoms with Crippen molar-refractivity contribution in [2.45, 2.75) is 36.9 Å². The van der Waals surface area contributed by atoms with Crippen molar-refractivity contribution in [3.63, 3.8) is 0 Å². The number of anilines is 1. The molecule has 2 fully saturated rings. The zero-order valence-corrected chi connectivity index (χ0v) is 12.1. The van der Waals surface area contributed by atoms with Crippen molar-refractivity contribution >= 4 is 15.5 Å². The molecule has 1 aliphatic carbocycles. The van der Waals surface area contributed by atoms with Crippen molar-refractivity contribution in [3.05, 3.63) is 29.8 Å². The van der Waals surface area contributed by atoms with E-state index in [1.807, 2.05) is 6.07 Å². The molecule has 3 rings (SSSR count). The Kier molecular flexibility index (Phi) is 3.29. The van der Waals surface area contributed by atoms with Gasteiger partial charge in [0, 0.05) is 25.0 Å². The fraction of sp³-hybridized carbons (Fsp3) is 0.600. The van der Waals surface area contributed by atoms with Crippen LogP contribution in [0.3, 0.4) is 0 Å². The Morgan fingerprint density at radius 1 is 1.32 bits per heavy atom. The molecule has 1 saturated carbocycles. The zero-order chi connectivity index (χ0) is 13.5. The summed E-state index contributed by atoms with van der Waals surface area (Å²) in [6.45, 7) is 1.49. The van der Waals surface area contributed by atoms with Gasteiger partial charge in [0.1, 0.15) is 0 Å². The van der Waals surface area contributed by atoms with Gasteiger partial charge in [-0.2, -0.15) is 0 Å². The minimum absolute atomic E-state index is 0.203. The number of hydrogen-bond acceptors (Lipinski definition) is 3. The van der Waals surface area contributed by atoms with Gasteiger partial charge in [0.05, 0.1) is 5.25 Å². The standard InChI is InChI=1S/C15H20NO2S/c1-19(17,18)13-9-10-16(11-13)15-8-3-2-7-14(15)12-5-4-6-12/h3,7-8,12-13H,4-6,9-11H2,1H3/t13-/m1/s1. The monoisotopic (exact) mass is 278 g/mol. The van der Waals surface area contributed by atoms with Gasteiger partial charge >= 0.3 is 0 Å². The first-order chi connectivity index (χ1) is 9.05. The van der Waals surface area contributed by atoms with E-state index in [2.05, 4.69) is 23.1 Å². The molecule has 1 aliphatic heterocycles. The number of benzene rings is 1. The molecule has 2 aliphatic rings. The Hall–Kier alpha value is -1.03. The minimum atomic E-state index is -2.92. The summed E-state index contributed by atoms with van der Waals surface area (Å²) in [5.41, 5.74) is 2.59. The van der Waals surface area contributed by atoms with E-state index in [0.717, 1.165) is 13.0 Å². The fourth-order valence-corrected chi connectivity index (χ4v) is 4.05. The molecule has 1 aromatic carbocycles. The highest BCUT2D eigenvalue weighted by Crippen LogP contribution is 2.41. The maximum Gasteiger partial charge on any atom is 0.152 e. The Morgan fingerprint density at radius 2 is 2.11 bits per heavy atom. The molecule has 1 aromatic rings. The summed E-state index contributed by atoms with van der Waals surface area (Å²) in [4.78, 5) is 2.24. The van der Waals surface area contributed by atoms with E-state index in [1.54, 1.807) is 0 Å². The minimum Gasteiger partial charge on any atom is -0.370 e. The number of hydrogen-bond donors (Lipinski definition) is 0. The van der Waals surface area contributed by atoms with Gasteiger partial charge in [0.2, 0.25) is 0 Å². The van der Waals surface area contributed by atoms with E-state index in [4.69, 9.17) is 0 Å². The van der Waals surface area contributed by atoms with Gasteiger partial charge in [-0.15, -0.1) is 0 Å². The molecule has 19 heavy (non-hydrogen) atoms. The quantitative estimate of drug-likeness (QED) is 0.852. The largest absolute Gasteiger partial charge is 0.370 e. The smallest absolute Gasteiger partial charge is 0.152 e. The summed E-state index contributed by atoms with van der Waals surface area (Å²) in [5.74, 6) is 0.657. The van der Waals surface area contributed by atoms with Crippen LogP contribution in [0.5, 0.6) is 0 Å². The van der Waals surface area contributed by atoms with Crippen LogP contribution in [-0.2, 0) is 9.84 Å². The Labute approximate surface area is 115 Å². The van der Waals surface area contributed by atoms with E-state index in [0.29, 0.717) is 12.5 Å². The molecule has 1 radical (unpaired) electrons. The maximum absolute atomic E-state index is 11.7. The van der Waals surface area contributed by atoms with Crippen LogP contribution in [0.2, 0.25) is 0 Å². The van der Waals surface area contributed by atoms with Gasteiger partial charge < -0.3 is 4.90 Å². The number of sulfone groups is 1. The van der Waals surface area contributed by atoms with Gasteiger partial charge in [-0.05, 0) is 48.9 Å². The average Bonchev–Trinajstić information content (AvgIpc) is 2.76. The molecule has 3 nitrogen and oxygen atoms in total. The third-order valence-electron chi connectivity index (χ3n) is 4.51. The van der Waals surface area contributed by atoms with E-state index in [9.17, 15) is 8.42 Å². The van der Waals surface area contributed by atoms with Crippen molar-refractivity contribution in [1.29, 1.82) is 0 Å². The Bertz CT molecular complexity index is 563. The third-order valence-corrected chi connectivity index (χ3v) is 6.10. The molecule has 0 bridgehead atoms. The molecular formula is C15H20NO2S. The molecule has 0 unspecified atom stereocenters. The average molecular weight is 278 g/mol. The lowest BCUT2D eigenvalue weighted by Crippen LogP contribution is -2.27. The van der Waals surface area contributed by atoms with Gasteiger partial charge in [-0.25, -0.2) is 8.42 Å². The van der Waals surface area contributed by atoms with Crippen molar-refractivity contribution in [3.8, 4) is 0 Å². The summed E-state index contributed by atoms with van der Waals surface area (Å²) >= 11 is 0. The SMILES string of the molecule is CS(=O)(=O)[C@@H]1CCN(c2cc[c]cc2C2CCC2)C1. The lowest BCUT2D eigenvalue weighted by atomic mass is 9.79. The highest BCUT2D eigenvalue weighted by molar-refractivity contribution is 7.91. The van der Waals surface area contributed by atoms with Crippen LogP contribution < -0.4 is 4.90 Å². The van der Waals surface area contributed by atoms with E-state index in [1.165, 1.54) is 36.8 Å². The maximum atomic E-state index is 11.7. The fourth-order valence-electron chi connectivity index (χ4n) is 3.07. The third kappa shape index (κ3) is 2.50. The zero-order valence-electron chi connectivity index (χ0n) is 11.3. The predicted octanol–water partition coefficient (Wildman–Crippen LogP) is 2.38. The second-order valence-electron chi connectivity index (χ2n) is 5.80. The van der Waals surface area contributed by atoms with Gasteiger partial charge in [-0.3, -0.25) is 0 Å². The highest BCUT2D eigenvalue weighted by atomic mass is 32.2. The van der Waals surface area contributed by atoms with Crippen molar-refractivity contribution in [2.75, 3.05) is 24.2 Å². The summed E-state index contributed by atoms with van der Waals surface area (Å²) in [5, 5.41) is -0.203. The summed E-state index contributed by atoms with van der Waals surface area (Å²) < 4.78 is 23.3. The topological polar surface area (TPSA) is 37.4 Å². The first-order valence-electron chi connectivity index (χ1n) is 6.99. The molecule has 0 aromatic heterocycles. The van der Waals surface area contributed by atoms with E-state index < -0.39 is 9.84 Å². The second kappa shape index (κ2) is 4.82. The van der Waals surface area contributed by atoms with Crippen LogP contribution >= 0.6 is 0 Å². The van der Waals surface area contributed by atoms with Gasteiger partial charge in [-0.1, -0.05) is 12.5 Å². The van der Waals surface area contributed by atoms with Crippen molar-refractivity contribution < 1.29 is 8.42 Å². The molecular weight excluding hydrogens is 258 g/mol. The second-order valence-corrected chi connectivity index (χ2v) is 8.12. The van der Waals surface area contributed by atoms with Crippen LogP contribution in [0, 0.1) is 6.07 Å². The predicted molar refractivity (Wildman–Crippen MR) is 77.3 cm³/mol. The van der Waals surface area contributed by atoms with Crippen LogP contribution in [0.25, 0.3) is 0 Å². The summed E-state index contributed by atoms with van der Waals surface area (Å²) in [7, 11) is -2.92. The van der Waals surface area contributed by atoms with Crippen LogP contribution in [0.4, 0.5) is 5.69 Å². The van der Waals surface area contributed by atoms with Crippen molar-refractivity contribution in [1.82, 2.24) is 0 Å². The van der Waals surface area contributed by atoms with E-state index in [-0.39, 0.29) is 5.25 Å². The molecule has 0 spiro atoms. The molecule has 1 heterocycles. The highest BCUT2D eigenvalue weighted by Gasteiger charge is 2.32. The summed E-state index contributed by atoms with van der Waals surface area (Å²) in [6, 6.07) is 9.29. The Balaban J connectivity index is 1.83. The van der Waals surface area contributed by atoms with E-state index >= 15 is 0 Å². The van der Waals surface area contributed by atoms with Crippen LogP contribution in [0.15, 0.2) is 18.2 Å². The number of rotatable bonds is 3. The lowest BCUT2D eigenvalue weighted by Gasteiger charge is -2.31. The van der Waals surface area contributed by atoms with Crippen LogP contribution in [-0.4, -0.2) is 33.0 Å². The van der Waals surface area contributed by atoms with Gasteiger partial charge in [0.25, 0.3) is 0 Å². The molecule has 103 valence electrons. The Morgan fingerprint density at radius 3 is 2.68 bits per heavy atom. The first kappa shape index (κ1) is 13.0. The first-order valence-corrected chi connectivity index (χ1v) is 8.95. The lowest BCUT2D eigenvalue weighted by molar-refractivity contribution is 0.420. The molecule has 1 saturated heterocycles. The normalized spacial score (nSPS) is 24.5. The molecule has 4 heteroatoms. The molecule has 0 amide bonds.